The molecule has 2 heterocycles. The number of fused-ring (bicyclic) bond motifs is 1. The number of aliphatic hydroxyl groups is 1. The number of rotatable bonds is 4. The first kappa shape index (κ1) is 24.2. The molecule has 0 radical (unpaired) electrons. The largest absolute Gasteiger partial charge is 0.452 e. The van der Waals surface area contributed by atoms with E-state index in [0.29, 0.717) is 17.9 Å². The summed E-state index contributed by atoms with van der Waals surface area (Å²) in [6, 6.07) is 10.1. The van der Waals surface area contributed by atoms with Crippen molar-refractivity contribution in [1.82, 2.24) is 9.78 Å². The summed E-state index contributed by atoms with van der Waals surface area (Å²) in [4.78, 5) is 28.6. The van der Waals surface area contributed by atoms with Gasteiger partial charge < -0.3 is 14.6 Å². The lowest BCUT2D eigenvalue weighted by atomic mass is 10.0. The first-order chi connectivity index (χ1) is 16.6. The standard InChI is InChI=1S/C25H27FN4O5/c1-16-13-29(23(31)35-20-8-6-19(26)7-9-20)22-11-17(5-10-21(22)30(16)24(32)34-4)18-12-27-28(14-18)15-25(2,3)33/h5-12,14,16,33H,13,15H2,1-4H3/t16-/m0/s1. The molecule has 0 saturated heterocycles. The van der Waals surface area contributed by atoms with Crippen LogP contribution in [0.3, 0.4) is 0 Å². The first-order valence-electron chi connectivity index (χ1n) is 11.1. The molecule has 2 aromatic carbocycles. The Morgan fingerprint density at radius 1 is 1.11 bits per heavy atom. The van der Waals surface area contributed by atoms with Gasteiger partial charge in [0.1, 0.15) is 11.6 Å². The minimum Gasteiger partial charge on any atom is -0.452 e. The monoisotopic (exact) mass is 482 g/mol. The second-order valence-electron chi connectivity index (χ2n) is 9.06. The van der Waals surface area contributed by atoms with Crippen LogP contribution in [0.4, 0.5) is 25.4 Å². The lowest BCUT2D eigenvalue weighted by Gasteiger charge is -2.39. The van der Waals surface area contributed by atoms with Crippen molar-refractivity contribution in [2.75, 3.05) is 23.5 Å². The van der Waals surface area contributed by atoms with Gasteiger partial charge in [0.25, 0.3) is 0 Å². The van der Waals surface area contributed by atoms with Crippen molar-refractivity contribution in [2.45, 2.75) is 39.0 Å². The lowest BCUT2D eigenvalue weighted by molar-refractivity contribution is 0.0577. The van der Waals surface area contributed by atoms with Crippen molar-refractivity contribution in [3.63, 3.8) is 0 Å². The van der Waals surface area contributed by atoms with E-state index < -0.39 is 29.6 Å². The predicted octanol–water partition coefficient (Wildman–Crippen LogP) is 4.44. The Labute approximate surface area is 202 Å². The molecule has 1 atom stereocenters. The van der Waals surface area contributed by atoms with E-state index in [1.807, 2.05) is 6.07 Å². The van der Waals surface area contributed by atoms with Crippen LogP contribution >= 0.6 is 0 Å². The summed E-state index contributed by atoms with van der Waals surface area (Å²) in [6.45, 7) is 5.65. The summed E-state index contributed by atoms with van der Waals surface area (Å²) in [5.41, 5.74) is 1.53. The highest BCUT2D eigenvalue weighted by Crippen LogP contribution is 2.39. The molecule has 10 heteroatoms. The number of hydrogen-bond acceptors (Lipinski definition) is 6. The molecule has 0 fully saturated rings. The van der Waals surface area contributed by atoms with Crippen molar-refractivity contribution in [1.29, 1.82) is 0 Å². The van der Waals surface area contributed by atoms with Gasteiger partial charge in [-0.05, 0) is 62.7 Å². The molecule has 2 amide bonds. The third-order valence-electron chi connectivity index (χ3n) is 5.54. The SMILES string of the molecule is COC(=O)N1c2ccc(-c3cnn(CC(C)(C)O)c3)cc2N(C(=O)Oc2ccc(F)cc2)C[C@@H]1C. The zero-order chi connectivity index (χ0) is 25.3. The van der Waals surface area contributed by atoms with Gasteiger partial charge in [-0.1, -0.05) is 6.07 Å². The number of carbonyl (C=O) groups excluding carboxylic acids is 2. The Bertz CT molecular complexity index is 1240. The van der Waals surface area contributed by atoms with E-state index in [1.165, 1.54) is 41.2 Å². The van der Waals surface area contributed by atoms with Crippen LogP contribution in [0.5, 0.6) is 5.75 Å². The molecule has 1 aliphatic heterocycles. The van der Waals surface area contributed by atoms with Crippen molar-refractivity contribution in [3.05, 3.63) is 60.7 Å². The van der Waals surface area contributed by atoms with E-state index >= 15 is 0 Å². The van der Waals surface area contributed by atoms with E-state index in [-0.39, 0.29) is 12.3 Å². The molecule has 0 bridgehead atoms. The molecule has 4 rings (SSSR count). The number of methoxy groups -OCH3 is 1. The number of halogens is 1. The van der Waals surface area contributed by atoms with Crippen LogP contribution in [0.15, 0.2) is 54.9 Å². The number of nitrogens with zero attached hydrogens (tertiary/aromatic N) is 4. The second-order valence-corrected chi connectivity index (χ2v) is 9.06. The summed E-state index contributed by atoms with van der Waals surface area (Å²) < 4.78 is 25.3. The number of aromatic nitrogens is 2. The molecular formula is C25H27FN4O5. The van der Waals surface area contributed by atoms with Crippen LogP contribution in [0, 0.1) is 5.82 Å². The fraction of sp³-hybridized carbons (Fsp3) is 0.320. The number of benzene rings is 2. The van der Waals surface area contributed by atoms with Gasteiger partial charge in [-0.15, -0.1) is 0 Å². The third-order valence-corrected chi connectivity index (χ3v) is 5.54. The molecule has 35 heavy (non-hydrogen) atoms. The van der Waals surface area contributed by atoms with E-state index in [9.17, 15) is 19.1 Å². The van der Waals surface area contributed by atoms with Gasteiger partial charge in [0, 0.05) is 11.8 Å². The van der Waals surface area contributed by atoms with Crippen molar-refractivity contribution >= 4 is 23.6 Å². The van der Waals surface area contributed by atoms with Gasteiger partial charge in [-0.2, -0.15) is 5.10 Å². The lowest BCUT2D eigenvalue weighted by Crippen LogP contribution is -2.52. The van der Waals surface area contributed by atoms with Gasteiger partial charge in [0.15, 0.2) is 0 Å². The minimum absolute atomic E-state index is 0.156. The van der Waals surface area contributed by atoms with Crippen LogP contribution in [0.1, 0.15) is 20.8 Å². The minimum atomic E-state index is -0.933. The van der Waals surface area contributed by atoms with E-state index in [1.54, 1.807) is 50.0 Å². The fourth-order valence-corrected chi connectivity index (χ4v) is 4.01. The Hall–Kier alpha value is -3.92. The van der Waals surface area contributed by atoms with Gasteiger partial charge in [-0.3, -0.25) is 14.5 Å². The zero-order valence-corrected chi connectivity index (χ0v) is 19.9. The number of hydrogen-bond donors (Lipinski definition) is 1. The maximum Gasteiger partial charge on any atom is 0.419 e. The second kappa shape index (κ2) is 9.38. The van der Waals surface area contributed by atoms with Gasteiger partial charge >= 0.3 is 12.2 Å². The van der Waals surface area contributed by atoms with E-state index in [2.05, 4.69) is 5.10 Å². The molecule has 1 N–H and O–H groups in total. The Morgan fingerprint density at radius 2 is 1.83 bits per heavy atom. The van der Waals surface area contributed by atoms with Crippen LogP contribution in [0.2, 0.25) is 0 Å². The first-order valence-corrected chi connectivity index (χ1v) is 11.1. The van der Waals surface area contributed by atoms with Crippen LogP contribution in [-0.4, -0.2) is 52.4 Å². The normalized spacial score (nSPS) is 15.5. The fourth-order valence-electron chi connectivity index (χ4n) is 4.01. The van der Waals surface area contributed by atoms with Crippen molar-refractivity contribution < 1.29 is 28.6 Å². The topological polar surface area (TPSA) is 97.1 Å². The predicted molar refractivity (Wildman–Crippen MR) is 128 cm³/mol. The third kappa shape index (κ3) is 5.27. The Balaban J connectivity index is 1.71. The average Bonchev–Trinajstić information content (AvgIpc) is 3.26. The van der Waals surface area contributed by atoms with Gasteiger partial charge in [-0.25, -0.2) is 14.0 Å². The molecule has 1 aliphatic rings. The zero-order valence-electron chi connectivity index (χ0n) is 19.9. The number of carbonyl (C=O) groups is 2. The highest BCUT2D eigenvalue weighted by atomic mass is 19.1. The number of amides is 2. The van der Waals surface area contributed by atoms with Crippen LogP contribution in [0.25, 0.3) is 11.1 Å². The van der Waals surface area contributed by atoms with E-state index in [4.69, 9.17) is 9.47 Å². The van der Waals surface area contributed by atoms with E-state index in [0.717, 1.165) is 11.1 Å². The summed E-state index contributed by atoms with van der Waals surface area (Å²) >= 11 is 0. The Morgan fingerprint density at radius 3 is 2.49 bits per heavy atom. The summed E-state index contributed by atoms with van der Waals surface area (Å²) in [6.07, 6.45) is 2.25. The molecule has 0 unspecified atom stereocenters. The van der Waals surface area contributed by atoms with Crippen molar-refractivity contribution in [3.8, 4) is 16.9 Å². The maximum atomic E-state index is 13.3. The van der Waals surface area contributed by atoms with Gasteiger partial charge in [0.05, 0.1) is 49.4 Å². The molecule has 3 aromatic rings. The quantitative estimate of drug-likeness (QED) is 0.591. The highest BCUT2D eigenvalue weighted by Gasteiger charge is 2.36. The van der Waals surface area contributed by atoms with Crippen LogP contribution < -0.4 is 14.5 Å². The molecule has 9 nitrogen and oxygen atoms in total. The molecule has 0 spiro atoms. The smallest absolute Gasteiger partial charge is 0.419 e. The van der Waals surface area contributed by atoms with Crippen molar-refractivity contribution in [2.24, 2.45) is 0 Å². The molecule has 1 aromatic heterocycles. The maximum absolute atomic E-state index is 13.3. The molecule has 0 saturated carbocycles. The molecule has 0 aliphatic carbocycles. The number of ether oxygens (including phenoxy) is 2. The molecule has 184 valence electrons. The van der Waals surface area contributed by atoms with Gasteiger partial charge in [0.2, 0.25) is 0 Å². The molecular weight excluding hydrogens is 455 g/mol. The number of anilines is 2. The average molecular weight is 483 g/mol. The van der Waals surface area contributed by atoms with Crippen LogP contribution in [-0.2, 0) is 11.3 Å². The highest BCUT2D eigenvalue weighted by molar-refractivity contribution is 6.02. The summed E-state index contributed by atoms with van der Waals surface area (Å²) in [5.74, 6) is -0.240. The summed E-state index contributed by atoms with van der Waals surface area (Å²) in [5, 5.41) is 14.4. The Kier molecular flexibility index (Phi) is 6.49. The summed E-state index contributed by atoms with van der Waals surface area (Å²) in [7, 11) is 1.30.